The summed E-state index contributed by atoms with van der Waals surface area (Å²) in [4.78, 5) is 34.2. The smallest absolute Gasteiger partial charge is 0.239 e. The van der Waals surface area contributed by atoms with Crippen molar-refractivity contribution in [3.8, 4) is 0 Å². The second-order valence-corrected chi connectivity index (χ2v) is 7.89. The zero-order chi connectivity index (χ0) is 19.2. The summed E-state index contributed by atoms with van der Waals surface area (Å²) in [7, 11) is -3.75. The molecular formula is C16H22N4O5S. The summed E-state index contributed by atoms with van der Waals surface area (Å²) >= 11 is 0. The Morgan fingerprint density at radius 3 is 2.46 bits per heavy atom. The van der Waals surface area contributed by atoms with Crippen LogP contribution in [0.1, 0.15) is 26.2 Å². The number of rotatable bonds is 9. The van der Waals surface area contributed by atoms with E-state index in [-0.39, 0.29) is 36.5 Å². The number of carbonyl (C=O) groups excluding carboxylic acids is 3. The third kappa shape index (κ3) is 7.51. The van der Waals surface area contributed by atoms with Crippen LogP contribution in [0.2, 0.25) is 0 Å². The Balaban J connectivity index is 1.77. The van der Waals surface area contributed by atoms with Gasteiger partial charge in [-0.3, -0.25) is 19.1 Å². The molecule has 142 valence electrons. The summed E-state index contributed by atoms with van der Waals surface area (Å²) < 4.78 is 26.5. The number of carbonyl (C=O) groups is 3. The maximum atomic E-state index is 12.1. The number of hydrogen-bond acceptors (Lipinski definition) is 5. The van der Waals surface area contributed by atoms with Crippen molar-refractivity contribution in [3.05, 3.63) is 24.3 Å². The van der Waals surface area contributed by atoms with Crippen molar-refractivity contribution in [2.45, 2.75) is 32.2 Å². The second kappa shape index (κ2) is 8.65. The van der Waals surface area contributed by atoms with E-state index in [1.165, 1.54) is 19.1 Å². The van der Waals surface area contributed by atoms with Crippen LogP contribution >= 0.6 is 0 Å². The molecule has 1 aliphatic carbocycles. The Kier molecular flexibility index (Phi) is 6.56. The zero-order valence-corrected chi connectivity index (χ0v) is 15.2. The fourth-order valence-corrected chi connectivity index (χ4v) is 3.14. The number of hydrogen-bond donors (Lipinski definition) is 4. The summed E-state index contributed by atoms with van der Waals surface area (Å²) in [5.74, 6) is -1.50. The highest BCUT2D eigenvalue weighted by Gasteiger charge is 2.23. The lowest BCUT2D eigenvalue weighted by Gasteiger charge is -2.10. The first kappa shape index (κ1) is 19.7. The molecule has 1 saturated carbocycles. The molecular weight excluding hydrogens is 360 g/mol. The molecule has 10 heteroatoms. The van der Waals surface area contributed by atoms with Gasteiger partial charge in [-0.05, 0) is 31.0 Å². The molecule has 0 saturated heterocycles. The van der Waals surface area contributed by atoms with Crippen molar-refractivity contribution < 1.29 is 22.8 Å². The number of benzene rings is 1. The average Bonchev–Trinajstić information content (AvgIpc) is 3.34. The van der Waals surface area contributed by atoms with Gasteiger partial charge in [-0.15, -0.1) is 0 Å². The lowest BCUT2D eigenvalue weighted by Crippen LogP contribution is -2.38. The van der Waals surface area contributed by atoms with E-state index in [1.807, 2.05) is 0 Å². The molecule has 0 aliphatic heterocycles. The van der Waals surface area contributed by atoms with Crippen LogP contribution in [0.5, 0.6) is 0 Å². The highest BCUT2D eigenvalue weighted by atomic mass is 32.2. The summed E-state index contributed by atoms with van der Waals surface area (Å²) in [5.41, 5.74) is 0.734. The van der Waals surface area contributed by atoms with E-state index in [4.69, 9.17) is 0 Å². The molecule has 1 fully saturated rings. The van der Waals surface area contributed by atoms with Crippen molar-refractivity contribution in [1.29, 1.82) is 0 Å². The van der Waals surface area contributed by atoms with Gasteiger partial charge in [0.15, 0.2) is 0 Å². The molecule has 1 aliphatic rings. The first-order valence-corrected chi connectivity index (χ1v) is 9.83. The molecule has 4 N–H and O–H groups in total. The average molecular weight is 382 g/mol. The maximum absolute atomic E-state index is 12.1. The third-order valence-corrected chi connectivity index (χ3v) is 4.73. The summed E-state index contributed by atoms with van der Waals surface area (Å²) in [6.45, 7) is 1.18. The lowest BCUT2D eigenvalue weighted by atomic mass is 10.3. The first-order chi connectivity index (χ1) is 12.2. The fourth-order valence-electron chi connectivity index (χ4n) is 2.09. The Morgan fingerprint density at radius 2 is 1.81 bits per heavy atom. The van der Waals surface area contributed by atoms with E-state index < -0.39 is 21.7 Å². The van der Waals surface area contributed by atoms with Gasteiger partial charge in [0, 0.05) is 25.1 Å². The van der Waals surface area contributed by atoms with E-state index in [0.29, 0.717) is 5.69 Å². The standard InChI is InChI=1S/C16H22N4O5S/c1-11(21)18-13-3-2-4-14(9-13)20-26(24,25)8-7-15(22)17-10-16(23)19-12-5-6-12/h2-4,9,12,20H,5-8,10H2,1H3,(H,17,22)(H,18,21)(H,19,23). The van der Waals surface area contributed by atoms with Crippen molar-refractivity contribution in [1.82, 2.24) is 10.6 Å². The lowest BCUT2D eigenvalue weighted by molar-refractivity contribution is -0.125. The normalized spacial score (nSPS) is 13.6. The number of amides is 3. The van der Waals surface area contributed by atoms with Crippen LogP contribution in [0.25, 0.3) is 0 Å². The molecule has 3 amide bonds. The topological polar surface area (TPSA) is 133 Å². The molecule has 0 atom stereocenters. The Labute approximate surface area is 152 Å². The van der Waals surface area contributed by atoms with Crippen molar-refractivity contribution >= 4 is 39.1 Å². The van der Waals surface area contributed by atoms with Gasteiger partial charge in [-0.1, -0.05) is 6.07 Å². The highest BCUT2D eigenvalue weighted by molar-refractivity contribution is 7.92. The van der Waals surface area contributed by atoms with E-state index in [0.717, 1.165) is 12.8 Å². The van der Waals surface area contributed by atoms with Crippen molar-refractivity contribution in [2.75, 3.05) is 22.3 Å². The van der Waals surface area contributed by atoms with Gasteiger partial charge in [0.2, 0.25) is 27.7 Å². The predicted octanol–water partition coefficient (Wildman–Crippen LogP) is 0.172. The summed E-state index contributed by atoms with van der Waals surface area (Å²) in [5, 5.41) is 7.66. The Bertz CT molecular complexity index is 790. The van der Waals surface area contributed by atoms with Crippen LogP contribution in [0, 0.1) is 0 Å². The van der Waals surface area contributed by atoms with Gasteiger partial charge in [-0.2, -0.15) is 0 Å². The quantitative estimate of drug-likeness (QED) is 0.483. The van der Waals surface area contributed by atoms with Crippen LogP contribution in [0.3, 0.4) is 0 Å². The molecule has 0 aromatic heterocycles. The number of nitrogens with one attached hydrogen (secondary N) is 4. The van der Waals surface area contributed by atoms with Gasteiger partial charge in [-0.25, -0.2) is 8.42 Å². The maximum Gasteiger partial charge on any atom is 0.239 e. The number of sulfonamides is 1. The molecule has 2 rings (SSSR count). The molecule has 0 unspecified atom stereocenters. The first-order valence-electron chi connectivity index (χ1n) is 8.18. The van der Waals surface area contributed by atoms with Crippen LogP contribution in [0.15, 0.2) is 24.3 Å². The van der Waals surface area contributed by atoms with Gasteiger partial charge in [0.1, 0.15) is 0 Å². The highest BCUT2D eigenvalue weighted by Crippen LogP contribution is 2.18. The van der Waals surface area contributed by atoms with Crippen LogP contribution in [0.4, 0.5) is 11.4 Å². The summed E-state index contributed by atoms with van der Waals surface area (Å²) in [6, 6.07) is 6.43. The Hall–Kier alpha value is -2.62. The minimum Gasteiger partial charge on any atom is -0.352 e. The summed E-state index contributed by atoms with van der Waals surface area (Å²) in [6.07, 6.45) is 1.64. The minimum atomic E-state index is -3.75. The molecule has 0 bridgehead atoms. The Morgan fingerprint density at radius 1 is 1.12 bits per heavy atom. The predicted molar refractivity (Wildman–Crippen MR) is 96.9 cm³/mol. The van der Waals surface area contributed by atoms with E-state index in [1.54, 1.807) is 12.1 Å². The molecule has 26 heavy (non-hydrogen) atoms. The molecule has 0 spiro atoms. The fraction of sp³-hybridized carbons (Fsp3) is 0.438. The molecule has 0 radical (unpaired) electrons. The molecule has 0 heterocycles. The monoisotopic (exact) mass is 382 g/mol. The van der Waals surface area contributed by atoms with Gasteiger partial charge < -0.3 is 16.0 Å². The van der Waals surface area contributed by atoms with E-state index in [9.17, 15) is 22.8 Å². The zero-order valence-electron chi connectivity index (χ0n) is 14.4. The van der Waals surface area contributed by atoms with Crippen molar-refractivity contribution in [3.63, 3.8) is 0 Å². The largest absolute Gasteiger partial charge is 0.352 e. The van der Waals surface area contributed by atoms with E-state index >= 15 is 0 Å². The van der Waals surface area contributed by atoms with Gasteiger partial charge >= 0.3 is 0 Å². The molecule has 9 nitrogen and oxygen atoms in total. The van der Waals surface area contributed by atoms with Gasteiger partial charge in [0.05, 0.1) is 18.0 Å². The molecule has 1 aromatic carbocycles. The van der Waals surface area contributed by atoms with Crippen LogP contribution in [-0.4, -0.2) is 44.5 Å². The van der Waals surface area contributed by atoms with Crippen LogP contribution in [-0.2, 0) is 24.4 Å². The molecule has 1 aromatic rings. The van der Waals surface area contributed by atoms with Crippen molar-refractivity contribution in [2.24, 2.45) is 0 Å². The van der Waals surface area contributed by atoms with E-state index in [2.05, 4.69) is 20.7 Å². The second-order valence-electron chi connectivity index (χ2n) is 6.05. The number of anilines is 2. The third-order valence-electron chi connectivity index (χ3n) is 3.44. The van der Waals surface area contributed by atoms with Gasteiger partial charge in [0.25, 0.3) is 0 Å². The minimum absolute atomic E-state index is 0.165. The van der Waals surface area contributed by atoms with Crippen LogP contribution < -0.4 is 20.7 Å². The SMILES string of the molecule is CC(=O)Nc1cccc(NS(=O)(=O)CCC(=O)NCC(=O)NC2CC2)c1.